The Morgan fingerprint density at radius 1 is 0.783 bits per heavy atom. The summed E-state index contributed by atoms with van der Waals surface area (Å²) in [4.78, 5) is 23.2. The molecule has 132 valence electrons. The molecular weight excluding hydrogens is 319 g/mol. The Morgan fingerprint density at radius 2 is 1.13 bits per heavy atom. The first-order valence-corrected chi connectivity index (χ1v) is 8.67. The van der Waals surface area contributed by atoms with Crippen molar-refractivity contribution in [2.75, 3.05) is 0 Å². The second-order valence-electron chi connectivity index (χ2n) is 7.34. The van der Waals surface area contributed by atoms with Crippen molar-refractivity contribution in [3.05, 3.63) is 0 Å². The zero-order valence-corrected chi connectivity index (χ0v) is 18.9. The fourth-order valence-corrected chi connectivity index (χ4v) is 3.02. The van der Waals surface area contributed by atoms with Crippen molar-refractivity contribution >= 4 is 11.9 Å². The van der Waals surface area contributed by atoms with E-state index in [1.165, 1.54) is 32.1 Å². The van der Waals surface area contributed by atoms with E-state index >= 15 is 0 Å². The van der Waals surface area contributed by atoms with Crippen molar-refractivity contribution in [1.29, 1.82) is 0 Å². The van der Waals surface area contributed by atoms with Gasteiger partial charge in [0.15, 0.2) is 5.41 Å². The molecule has 0 aliphatic carbocycles. The third-order valence-electron chi connectivity index (χ3n) is 4.67. The molecule has 0 atom stereocenters. The molecule has 0 aromatic carbocycles. The first-order chi connectivity index (χ1) is 10.2. The average Bonchev–Trinajstić information content (AvgIpc) is 2.38. The summed E-state index contributed by atoms with van der Waals surface area (Å²) in [5, 5.41) is 18.9. The Morgan fingerprint density at radius 3 is 1.43 bits per heavy atom. The quantitative estimate of drug-likeness (QED) is 0.320. The molecule has 0 radical (unpaired) electrons. The minimum atomic E-state index is -1.69. The van der Waals surface area contributed by atoms with Gasteiger partial charge in [-0.3, -0.25) is 9.59 Å². The van der Waals surface area contributed by atoms with Gasteiger partial charge in [0.1, 0.15) is 0 Å². The van der Waals surface area contributed by atoms with Crippen LogP contribution < -0.4 is 51.4 Å². The smallest absolute Gasteiger partial charge is 1.00 e. The van der Waals surface area contributed by atoms with E-state index in [-0.39, 0.29) is 59.2 Å². The van der Waals surface area contributed by atoms with Gasteiger partial charge in [0.25, 0.3) is 0 Å². The van der Waals surface area contributed by atoms with Crippen molar-refractivity contribution in [2.24, 2.45) is 10.8 Å². The van der Waals surface area contributed by atoms with E-state index in [1.807, 2.05) is 0 Å². The summed E-state index contributed by atoms with van der Waals surface area (Å²) >= 11 is 0. The van der Waals surface area contributed by atoms with Gasteiger partial charge in [0.2, 0.25) is 0 Å². The first kappa shape index (κ1) is 25.8. The maximum absolute atomic E-state index is 11.6. The Balaban J connectivity index is -0.00000220. The zero-order valence-electron chi connectivity index (χ0n) is 16.8. The Hall–Kier alpha value is 0.576. The van der Waals surface area contributed by atoms with Crippen molar-refractivity contribution in [3.63, 3.8) is 0 Å². The molecule has 0 saturated carbocycles. The van der Waals surface area contributed by atoms with E-state index < -0.39 is 22.8 Å². The molecule has 2 N–H and O–H groups in total. The molecule has 0 unspecified atom stereocenters. The fourth-order valence-electron chi connectivity index (χ4n) is 3.02. The van der Waals surface area contributed by atoms with Crippen LogP contribution in [0.25, 0.3) is 0 Å². The number of hydrogen-bond acceptors (Lipinski definition) is 2. The monoisotopic (exact) mass is 354 g/mol. The molecule has 0 amide bonds. The summed E-state index contributed by atoms with van der Waals surface area (Å²) in [6, 6.07) is 0. The summed E-state index contributed by atoms with van der Waals surface area (Å²) in [6.45, 7) is 7.29. The minimum absolute atomic E-state index is 0. The van der Waals surface area contributed by atoms with Crippen LogP contribution in [0.5, 0.6) is 0 Å². The van der Waals surface area contributed by atoms with Crippen LogP contribution in [0.2, 0.25) is 0 Å². The van der Waals surface area contributed by atoms with Gasteiger partial charge in [0.05, 0.1) is 0 Å². The Kier molecular flexibility index (Phi) is 14.4. The maximum Gasteiger partial charge on any atom is 1.00 e. The predicted octanol–water partition coefficient (Wildman–Crippen LogP) is 2.23. The average molecular weight is 355 g/mol. The number of unbranched alkanes of at least 4 members (excludes halogenated alkanes) is 8. The van der Waals surface area contributed by atoms with Gasteiger partial charge in [-0.2, -0.15) is 0 Å². The molecule has 0 heterocycles. The Labute approximate surface area is 185 Å². The molecule has 0 saturated heterocycles. The van der Waals surface area contributed by atoms with E-state index in [0.29, 0.717) is 6.42 Å². The fraction of sp³-hybridized carbons (Fsp3) is 0.889. The molecule has 4 nitrogen and oxygen atoms in total. The second kappa shape index (κ2) is 12.9. The number of carboxylic acid groups (broad SMARTS) is 2. The molecule has 0 aromatic rings. The molecule has 5 heteroatoms. The summed E-state index contributed by atoms with van der Waals surface area (Å²) in [5.74, 6) is -2.43. The van der Waals surface area contributed by atoms with E-state index in [0.717, 1.165) is 19.3 Å². The van der Waals surface area contributed by atoms with Crippen molar-refractivity contribution < 1.29 is 72.6 Å². The van der Waals surface area contributed by atoms with Crippen LogP contribution in [0, 0.1) is 10.8 Å². The molecule has 0 rings (SSSR count). The topological polar surface area (TPSA) is 74.6 Å². The van der Waals surface area contributed by atoms with Crippen LogP contribution in [0.15, 0.2) is 0 Å². The summed E-state index contributed by atoms with van der Waals surface area (Å²) in [5.41, 5.74) is -2.49. The van der Waals surface area contributed by atoms with Crippen LogP contribution in [-0.4, -0.2) is 22.2 Å². The van der Waals surface area contributed by atoms with Crippen LogP contribution in [0.3, 0.4) is 0 Å². The number of carbonyl (C=O) groups is 2. The number of rotatable bonds is 12. The second-order valence-corrected chi connectivity index (χ2v) is 7.34. The standard InChI is InChI=1S/C18H34O4.K.H/c1-5-6-7-8-9-10-11-12-13-14-18(15(19)20,16(21)22)17(2,3)4;;/h5-14H2,1-4H3,(H,19,20)(H,21,22);;/q;+1;-1. The van der Waals surface area contributed by atoms with Gasteiger partial charge in [-0.25, -0.2) is 0 Å². The molecule has 23 heavy (non-hydrogen) atoms. The molecule has 0 aromatic heterocycles. The summed E-state index contributed by atoms with van der Waals surface area (Å²) in [6.07, 6.45) is 10.3. The maximum atomic E-state index is 11.6. The summed E-state index contributed by atoms with van der Waals surface area (Å²) < 4.78 is 0. The van der Waals surface area contributed by atoms with Crippen molar-refractivity contribution in [2.45, 2.75) is 91.9 Å². The molecule has 0 aliphatic heterocycles. The van der Waals surface area contributed by atoms with E-state index in [2.05, 4.69) is 6.92 Å². The van der Waals surface area contributed by atoms with Crippen LogP contribution in [0.4, 0.5) is 0 Å². The van der Waals surface area contributed by atoms with Gasteiger partial charge in [-0.1, -0.05) is 85.5 Å². The molecule has 0 spiro atoms. The SMILES string of the molecule is CCCCCCCCCCCC(C(=O)O)(C(=O)O)C(C)(C)C.[H-].[K+]. The summed E-state index contributed by atoms with van der Waals surface area (Å²) in [7, 11) is 0. The molecule has 0 bridgehead atoms. The van der Waals surface area contributed by atoms with Gasteiger partial charge in [-0.15, -0.1) is 0 Å². The Bertz CT molecular complexity index is 339. The normalized spacial score (nSPS) is 11.8. The van der Waals surface area contributed by atoms with Gasteiger partial charge >= 0.3 is 63.3 Å². The third-order valence-corrected chi connectivity index (χ3v) is 4.67. The molecular formula is C18H35KO4. The first-order valence-electron chi connectivity index (χ1n) is 8.67. The van der Waals surface area contributed by atoms with Crippen LogP contribution in [-0.2, 0) is 9.59 Å². The third kappa shape index (κ3) is 8.48. The largest absolute Gasteiger partial charge is 1.00 e. The van der Waals surface area contributed by atoms with Gasteiger partial charge in [0, 0.05) is 0 Å². The van der Waals surface area contributed by atoms with Gasteiger partial charge in [-0.05, 0) is 11.8 Å². The van der Waals surface area contributed by atoms with Gasteiger partial charge < -0.3 is 11.6 Å². The molecule has 0 fully saturated rings. The van der Waals surface area contributed by atoms with E-state index in [4.69, 9.17) is 0 Å². The predicted molar refractivity (Wildman–Crippen MR) is 90.1 cm³/mol. The van der Waals surface area contributed by atoms with Crippen molar-refractivity contribution in [1.82, 2.24) is 0 Å². The van der Waals surface area contributed by atoms with E-state index in [1.54, 1.807) is 20.8 Å². The number of hydrogen-bond donors (Lipinski definition) is 2. The van der Waals surface area contributed by atoms with E-state index in [9.17, 15) is 19.8 Å². The zero-order chi connectivity index (χ0) is 17.2. The van der Waals surface area contributed by atoms with Crippen molar-refractivity contribution in [3.8, 4) is 0 Å². The number of aliphatic carboxylic acids is 2. The number of carboxylic acids is 2. The van der Waals surface area contributed by atoms with Crippen LogP contribution >= 0.6 is 0 Å². The molecule has 0 aliphatic rings. The minimum Gasteiger partial charge on any atom is -1.00 e. The van der Waals surface area contributed by atoms with Crippen LogP contribution in [0.1, 0.15) is 93.3 Å².